The van der Waals surface area contributed by atoms with Gasteiger partial charge >= 0.3 is 5.97 Å². The van der Waals surface area contributed by atoms with Crippen LogP contribution in [-0.2, 0) is 34.3 Å². The summed E-state index contributed by atoms with van der Waals surface area (Å²) in [7, 11) is -2.42. The lowest BCUT2D eigenvalue weighted by Crippen LogP contribution is -2.38. The lowest BCUT2D eigenvalue weighted by Gasteiger charge is -2.28. The molecule has 3 rings (SSSR count). The number of carbonyl (C=O) groups is 1. The number of nitrogens with zero attached hydrogens (tertiary/aromatic N) is 3. The largest absolute Gasteiger partial charge is 0.495 e. The Morgan fingerprint density at radius 1 is 1.38 bits per heavy atom. The summed E-state index contributed by atoms with van der Waals surface area (Å²) in [6, 6.07) is 4.41. The second-order valence-corrected chi connectivity index (χ2v) is 7.38. The fourth-order valence-corrected chi connectivity index (χ4v) is 4.32. The predicted octanol–water partition coefficient (Wildman–Crippen LogP) is 0.723. The Hall–Kier alpha value is -2.39. The number of fused-ring (bicyclic) bond motifs is 1. The van der Waals surface area contributed by atoms with Crippen molar-refractivity contribution in [3.05, 3.63) is 42.0 Å². The average Bonchev–Trinajstić information content (AvgIpc) is 3.01. The molecular weight excluding hydrogens is 334 g/mol. The molecule has 1 aliphatic rings. The van der Waals surface area contributed by atoms with E-state index in [2.05, 4.69) is 4.98 Å². The highest BCUT2D eigenvalue weighted by atomic mass is 32.2. The monoisotopic (exact) mass is 351 g/mol. The molecule has 128 valence electrons. The molecule has 0 spiro atoms. The molecule has 9 heteroatoms. The summed E-state index contributed by atoms with van der Waals surface area (Å²) in [5, 5.41) is 8.92. The Balaban J connectivity index is 1.98. The van der Waals surface area contributed by atoms with Gasteiger partial charge in [0.05, 0.1) is 32.1 Å². The summed E-state index contributed by atoms with van der Waals surface area (Å²) >= 11 is 0. The normalized spacial score (nSPS) is 15.0. The van der Waals surface area contributed by atoms with Crippen molar-refractivity contribution in [3.8, 4) is 5.75 Å². The van der Waals surface area contributed by atoms with Crippen molar-refractivity contribution in [3.63, 3.8) is 0 Å². The predicted molar refractivity (Wildman–Crippen MR) is 84.2 cm³/mol. The number of aromatic nitrogens is 2. The molecule has 2 heterocycles. The third-order valence-corrected chi connectivity index (χ3v) is 5.79. The van der Waals surface area contributed by atoms with Crippen LogP contribution in [0.5, 0.6) is 5.75 Å². The summed E-state index contributed by atoms with van der Waals surface area (Å²) in [6.07, 6.45) is 3.06. The van der Waals surface area contributed by atoms with Crippen molar-refractivity contribution >= 4 is 16.0 Å². The molecule has 0 aliphatic carbocycles. The van der Waals surface area contributed by atoms with E-state index in [1.54, 1.807) is 18.6 Å². The molecule has 8 nitrogen and oxygen atoms in total. The van der Waals surface area contributed by atoms with Gasteiger partial charge in [-0.15, -0.1) is 0 Å². The maximum Gasteiger partial charge on any atom is 0.307 e. The molecule has 0 saturated carbocycles. The van der Waals surface area contributed by atoms with Crippen LogP contribution < -0.4 is 4.74 Å². The zero-order valence-electron chi connectivity index (χ0n) is 13.0. The van der Waals surface area contributed by atoms with Crippen LogP contribution >= 0.6 is 0 Å². The second kappa shape index (κ2) is 6.25. The quantitative estimate of drug-likeness (QED) is 0.852. The highest BCUT2D eigenvalue weighted by molar-refractivity contribution is 7.89. The number of sulfonamides is 1. The third-order valence-electron chi connectivity index (χ3n) is 3.93. The van der Waals surface area contributed by atoms with E-state index >= 15 is 0 Å². The van der Waals surface area contributed by atoms with Gasteiger partial charge < -0.3 is 14.4 Å². The number of benzene rings is 1. The zero-order valence-corrected chi connectivity index (χ0v) is 13.9. The minimum atomic E-state index is -3.81. The summed E-state index contributed by atoms with van der Waals surface area (Å²) in [6.45, 7) is 1.05. The lowest BCUT2D eigenvalue weighted by molar-refractivity contribution is -0.136. The summed E-state index contributed by atoms with van der Waals surface area (Å²) in [4.78, 5) is 14.9. The molecular formula is C15H17N3O5S. The first kappa shape index (κ1) is 16.5. The van der Waals surface area contributed by atoms with Crippen LogP contribution in [0.25, 0.3) is 0 Å². The van der Waals surface area contributed by atoms with E-state index in [4.69, 9.17) is 9.84 Å². The molecule has 1 N–H and O–H groups in total. The number of methoxy groups -OCH3 is 1. The standard InChI is InChI=1S/C15H17N3O5S/c1-23-13-3-2-11(7-15(19)20)6-14(13)24(21,22)18-5-4-17-10-16-8-12(17)9-18/h2-3,6,8,10H,4-5,7,9H2,1H3,(H,19,20). The second-order valence-electron chi connectivity index (χ2n) is 5.47. The van der Waals surface area contributed by atoms with Gasteiger partial charge in [0.1, 0.15) is 10.6 Å². The Morgan fingerprint density at radius 3 is 2.88 bits per heavy atom. The highest BCUT2D eigenvalue weighted by Crippen LogP contribution is 2.30. The number of ether oxygens (including phenoxy) is 1. The molecule has 0 amide bonds. The van der Waals surface area contributed by atoms with E-state index in [-0.39, 0.29) is 23.6 Å². The molecule has 0 radical (unpaired) electrons. The van der Waals surface area contributed by atoms with Crippen LogP contribution in [-0.4, -0.2) is 47.0 Å². The van der Waals surface area contributed by atoms with Gasteiger partial charge in [0, 0.05) is 19.3 Å². The first-order valence-corrected chi connectivity index (χ1v) is 8.73. The summed E-state index contributed by atoms with van der Waals surface area (Å²) in [5.74, 6) is -0.825. The molecule has 0 unspecified atom stereocenters. The van der Waals surface area contributed by atoms with Crippen molar-refractivity contribution in [2.75, 3.05) is 13.7 Å². The molecule has 2 aromatic rings. The minimum absolute atomic E-state index is 0.0169. The molecule has 1 aromatic carbocycles. The van der Waals surface area contributed by atoms with Gasteiger partial charge in [-0.05, 0) is 17.7 Å². The average molecular weight is 351 g/mol. The van der Waals surface area contributed by atoms with Gasteiger partial charge in [0.15, 0.2) is 0 Å². The summed E-state index contributed by atoms with van der Waals surface area (Å²) in [5.41, 5.74) is 1.22. The van der Waals surface area contributed by atoms with Gasteiger partial charge in [0.25, 0.3) is 0 Å². The van der Waals surface area contributed by atoms with Crippen molar-refractivity contribution in [2.24, 2.45) is 0 Å². The van der Waals surface area contributed by atoms with Crippen LogP contribution in [0.4, 0.5) is 0 Å². The van der Waals surface area contributed by atoms with Crippen molar-refractivity contribution in [2.45, 2.75) is 24.4 Å². The topological polar surface area (TPSA) is 102 Å². The zero-order chi connectivity index (χ0) is 17.3. The van der Waals surface area contributed by atoms with Crippen LogP contribution in [0.3, 0.4) is 0 Å². The maximum absolute atomic E-state index is 13.0. The number of carboxylic acid groups (broad SMARTS) is 1. The SMILES string of the molecule is COc1ccc(CC(=O)O)cc1S(=O)(=O)N1CCn2cncc2C1. The molecule has 24 heavy (non-hydrogen) atoms. The van der Waals surface area contributed by atoms with Crippen molar-refractivity contribution < 1.29 is 23.1 Å². The van der Waals surface area contributed by atoms with E-state index in [1.165, 1.54) is 23.5 Å². The van der Waals surface area contributed by atoms with Gasteiger partial charge in [-0.25, -0.2) is 13.4 Å². The molecule has 1 aliphatic heterocycles. The first-order chi connectivity index (χ1) is 11.4. The number of imidazole rings is 1. The van der Waals surface area contributed by atoms with Crippen LogP contribution in [0.15, 0.2) is 35.6 Å². The van der Waals surface area contributed by atoms with Gasteiger partial charge in [0.2, 0.25) is 10.0 Å². The van der Waals surface area contributed by atoms with Gasteiger partial charge in [-0.2, -0.15) is 4.31 Å². The number of hydrogen-bond donors (Lipinski definition) is 1. The number of hydrogen-bond acceptors (Lipinski definition) is 5. The molecule has 0 saturated heterocycles. The van der Waals surface area contributed by atoms with E-state index < -0.39 is 16.0 Å². The molecule has 0 bridgehead atoms. The fourth-order valence-electron chi connectivity index (χ4n) is 2.71. The Morgan fingerprint density at radius 2 is 2.17 bits per heavy atom. The third kappa shape index (κ3) is 3.00. The number of rotatable bonds is 5. The van der Waals surface area contributed by atoms with Gasteiger partial charge in [-0.3, -0.25) is 4.79 Å². The Labute approximate surface area is 139 Å². The fraction of sp³-hybridized carbons (Fsp3) is 0.333. The lowest BCUT2D eigenvalue weighted by atomic mass is 10.1. The molecule has 0 atom stereocenters. The molecule has 0 fully saturated rings. The van der Waals surface area contributed by atoms with Crippen molar-refractivity contribution in [1.82, 2.24) is 13.9 Å². The van der Waals surface area contributed by atoms with Crippen LogP contribution in [0, 0.1) is 0 Å². The van der Waals surface area contributed by atoms with E-state index in [1.807, 2.05) is 4.57 Å². The van der Waals surface area contributed by atoms with Crippen LogP contribution in [0.2, 0.25) is 0 Å². The number of aliphatic carboxylic acids is 1. The number of carboxylic acids is 1. The van der Waals surface area contributed by atoms with E-state index in [0.717, 1.165) is 5.69 Å². The minimum Gasteiger partial charge on any atom is -0.495 e. The van der Waals surface area contributed by atoms with Gasteiger partial charge in [-0.1, -0.05) is 6.07 Å². The smallest absolute Gasteiger partial charge is 0.307 e. The van der Waals surface area contributed by atoms with Crippen LogP contribution in [0.1, 0.15) is 11.3 Å². The Kier molecular flexibility index (Phi) is 4.29. The highest BCUT2D eigenvalue weighted by Gasteiger charge is 2.31. The van der Waals surface area contributed by atoms with Crippen molar-refractivity contribution in [1.29, 1.82) is 0 Å². The molecule has 1 aromatic heterocycles. The van der Waals surface area contributed by atoms with E-state index in [9.17, 15) is 13.2 Å². The summed E-state index contributed by atoms with van der Waals surface area (Å²) < 4.78 is 34.4. The maximum atomic E-state index is 13.0. The Bertz CT molecular complexity index is 875. The van der Waals surface area contributed by atoms with E-state index in [0.29, 0.717) is 18.7 Å². The first-order valence-electron chi connectivity index (χ1n) is 7.29.